The molecule has 0 aromatic rings. The number of aliphatic imine (C=N–C) groups is 1. The molecule has 0 bridgehead atoms. The summed E-state index contributed by atoms with van der Waals surface area (Å²) in [6.45, 7) is 13.0. The molecule has 7 nitrogen and oxygen atoms in total. The average molecular weight is 490 g/mol. The van der Waals surface area contributed by atoms with Crippen molar-refractivity contribution in [3.8, 4) is 0 Å². The Balaban J connectivity index is 0. The first-order valence-electron chi connectivity index (χ1n) is 8.25. The lowest BCUT2D eigenvalue weighted by atomic mass is 9.90. The Morgan fingerprint density at radius 2 is 1.64 bits per heavy atom. The Kier molecular flexibility index (Phi) is 11.9. The number of hydrogen-bond acceptors (Lipinski definition) is 4. The highest BCUT2D eigenvalue weighted by atomic mass is 127. The van der Waals surface area contributed by atoms with Crippen LogP contribution in [0.5, 0.6) is 0 Å². The SMILES string of the molecule is CCNC(=NCC(=O)NC(C)(C)C)NCC(C)(C)CCS(C)(=O)=O.I. The number of amides is 1. The van der Waals surface area contributed by atoms with Crippen LogP contribution < -0.4 is 16.0 Å². The number of carbonyl (C=O) groups excluding carboxylic acids is 1. The molecule has 0 atom stereocenters. The summed E-state index contributed by atoms with van der Waals surface area (Å²) in [5, 5.41) is 9.12. The third-order valence-corrected chi connectivity index (χ3v) is 4.07. The maximum absolute atomic E-state index is 11.8. The first-order chi connectivity index (χ1) is 10.7. The van der Waals surface area contributed by atoms with E-state index in [1.54, 1.807) is 0 Å². The van der Waals surface area contributed by atoms with Gasteiger partial charge in [-0.15, -0.1) is 24.0 Å². The van der Waals surface area contributed by atoms with Crippen LogP contribution in [0.4, 0.5) is 0 Å². The van der Waals surface area contributed by atoms with Gasteiger partial charge < -0.3 is 16.0 Å². The number of carbonyl (C=O) groups is 1. The van der Waals surface area contributed by atoms with Gasteiger partial charge in [-0.2, -0.15) is 0 Å². The summed E-state index contributed by atoms with van der Waals surface area (Å²) in [5.41, 5.74) is -0.487. The fraction of sp³-hybridized carbons (Fsp3) is 0.875. The summed E-state index contributed by atoms with van der Waals surface area (Å²) in [6, 6.07) is 0. The predicted molar refractivity (Wildman–Crippen MR) is 115 cm³/mol. The molecular weight excluding hydrogens is 455 g/mol. The number of rotatable bonds is 8. The largest absolute Gasteiger partial charge is 0.357 e. The van der Waals surface area contributed by atoms with Crippen LogP contribution in [0, 0.1) is 5.41 Å². The number of nitrogens with one attached hydrogen (secondary N) is 3. The molecule has 3 N–H and O–H groups in total. The number of nitrogens with zero attached hydrogens (tertiary/aromatic N) is 1. The fourth-order valence-corrected chi connectivity index (χ4v) is 2.75. The van der Waals surface area contributed by atoms with Gasteiger partial charge in [0.05, 0.1) is 5.75 Å². The second kappa shape index (κ2) is 11.2. The van der Waals surface area contributed by atoms with E-state index in [1.165, 1.54) is 6.26 Å². The highest BCUT2D eigenvalue weighted by Crippen LogP contribution is 2.19. The molecule has 9 heteroatoms. The zero-order valence-electron chi connectivity index (χ0n) is 16.5. The molecule has 150 valence electrons. The van der Waals surface area contributed by atoms with Crippen LogP contribution in [-0.4, -0.2) is 57.5 Å². The number of halogens is 1. The van der Waals surface area contributed by atoms with E-state index in [-0.39, 0.29) is 53.1 Å². The van der Waals surface area contributed by atoms with Gasteiger partial charge in [0.1, 0.15) is 16.4 Å². The second-order valence-corrected chi connectivity index (χ2v) is 10.2. The molecule has 0 rings (SSSR count). The van der Waals surface area contributed by atoms with Crippen molar-refractivity contribution in [2.45, 2.75) is 53.5 Å². The summed E-state index contributed by atoms with van der Waals surface area (Å²) in [6.07, 6.45) is 1.80. The van der Waals surface area contributed by atoms with Crippen LogP contribution in [0.15, 0.2) is 4.99 Å². The molecule has 0 radical (unpaired) electrons. The molecular formula is C16H35IN4O3S. The van der Waals surface area contributed by atoms with Gasteiger partial charge in [-0.05, 0) is 39.5 Å². The molecule has 0 heterocycles. The van der Waals surface area contributed by atoms with Crippen molar-refractivity contribution in [3.63, 3.8) is 0 Å². The van der Waals surface area contributed by atoms with Crippen LogP contribution in [0.1, 0.15) is 48.0 Å². The van der Waals surface area contributed by atoms with Crippen molar-refractivity contribution < 1.29 is 13.2 Å². The van der Waals surface area contributed by atoms with Crippen LogP contribution in [0.2, 0.25) is 0 Å². The quantitative estimate of drug-likeness (QED) is 0.272. The van der Waals surface area contributed by atoms with Gasteiger partial charge in [0.25, 0.3) is 0 Å². The minimum atomic E-state index is -2.97. The Hall–Kier alpha value is -0.580. The zero-order chi connectivity index (χ0) is 19.0. The van der Waals surface area contributed by atoms with Gasteiger partial charge >= 0.3 is 0 Å². The Morgan fingerprint density at radius 1 is 1.08 bits per heavy atom. The van der Waals surface area contributed by atoms with Crippen molar-refractivity contribution in [3.05, 3.63) is 0 Å². The van der Waals surface area contributed by atoms with Crippen molar-refractivity contribution in [2.24, 2.45) is 10.4 Å². The molecule has 0 aromatic carbocycles. The molecule has 0 saturated carbocycles. The van der Waals surface area contributed by atoms with Crippen LogP contribution in [0.25, 0.3) is 0 Å². The minimum absolute atomic E-state index is 0. The van der Waals surface area contributed by atoms with Crippen LogP contribution in [-0.2, 0) is 14.6 Å². The maximum Gasteiger partial charge on any atom is 0.242 e. The van der Waals surface area contributed by atoms with Gasteiger partial charge in [-0.1, -0.05) is 13.8 Å². The smallest absolute Gasteiger partial charge is 0.242 e. The van der Waals surface area contributed by atoms with Crippen molar-refractivity contribution >= 4 is 45.7 Å². The number of hydrogen-bond donors (Lipinski definition) is 3. The van der Waals surface area contributed by atoms with E-state index in [4.69, 9.17) is 0 Å². The Bertz CT molecular complexity index is 540. The normalized spacial score (nSPS) is 13.0. The summed E-state index contributed by atoms with van der Waals surface area (Å²) < 4.78 is 22.6. The Morgan fingerprint density at radius 3 is 2.08 bits per heavy atom. The molecule has 25 heavy (non-hydrogen) atoms. The maximum atomic E-state index is 11.8. The summed E-state index contributed by atoms with van der Waals surface area (Å²) in [4.78, 5) is 16.1. The van der Waals surface area contributed by atoms with E-state index < -0.39 is 9.84 Å². The standard InChI is InChI=1S/C16H34N4O3S.HI/c1-8-17-14(18-11-13(21)20-15(2,3)4)19-12-16(5,6)9-10-24(7,22)23;/h8-12H2,1-7H3,(H,20,21)(H2,17,18,19);1H. The van der Waals surface area contributed by atoms with Gasteiger partial charge in [0.15, 0.2) is 5.96 Å². The van der Waals surface area contributed by atoms with Crippen LogP contribution in [0.3, 0.4) is 0 Å². The van der Waals surface area contributed by atoms with E-state index in [0.717, 1.165) is 0 Å². The third-order valence-electron chi connectivity index (χ3n) is 3.12. The third kappa shape index (κ3) is 16.6. The first kappa shape index (κ1) is 26.6. The van der Waals surface area contributed by atoms with E-state index >= 15 is 0 Å². The van der Waals surface area contributed by atoms with E-state index in [9.17, 15) is 13.2 Å². The van der Waals surface area contributed by atoms with E-state index in [1.807, 2.05) is 41.5 Å². The van der Waals surface area contributed by atoms with Gasteiger partial charge in [0.2, 0.25) is 5.91 Å². The second-order valence-electron chi connectivity index (χ2n) is 7.89. The van der Waals surface area contributed by atoms with Gasteiger partial charge in [-0.25, -0.2) is 13.4 Å². The van der Waals surface area contributed by atoms with E-state index in [0.29, 0.717) is 25.5 Å². The molecule has 0 aliphatic carbocycles. The summed E-state index contributed by atoms with van der Waals surface area (Å²) >= 11 is 0. The fourth-order valence-electron chi connectivity index (χ4n) is 1.82. The van der Waals surface area contributed by atoms with Gasteiger partial charge in [0, 0.05) is 24.9 Å². The first-order valence-corrected chi connectivity index (χ1v) is 10.3. The predicted octanol–water partition coefficient (Wildman–Crippen LogP) is 1.54. The molecule has 0 unspecified atom stereocenters. The lowest BCUT2D eigenvalue weighted by molar-refractivity contribution is -0.121. The van der Waals surface area contributed by atoms with Gasteiger partial charge in [-0.3, -0.25) is 4.79 Å². The molecule has 0 aromatic heterocycles. The molecule has 0 spiro atoms. The topological polar surface area (TPSA) is 99.7 Å². The highest BCUT2D eigenvalue weighted by molar-refractivity contribution is 14.0. The number of guanidine groups is 1. The Labute approximate surface area is 170 Å². The average Bonchev–Trinajstić information content (AvgIpc) is 2.37. The lowest BCUT2D eigenvalue weighted by Gasteiger charge is -2.26. The van der Waals surface area contributed by atoms with E-state index in [2.05, 4.69) is 20.9 Å². The van der Waals surface area contributed by atoms with Crippen molar-refractivity contribution in [2.75, 3.05) is 31.6 Å². The molecule has 0 aliphatic heterocycles. The summed E-state index contributed by atoms with van der Waals surface area (Å²) in [5.74, 6) is 0.564. The molecule has 0 aliphatic rings. The highest BCUT2D eigenvalue weighted by Gasteiger charge is 2.20. The lowest BCUT2D eigenvalue weighted by Crippen LogP contribution is -2.44. The van der Waals surface area contributed by atoms with Crippen molar-refractivity contribution in [1.29, 1.82) is 0 Å². The molecule has 1 amide bonds. The van der Waals surface area contributed by atoms with Crippen molar-refractivity contribution in [1.82, 2.24) is 16.0 Å². The minimum Gasteiger partial charge on any atom is -0.357 e. The zero-order valence-corrected chi connectivity index (χ0v) is 19.7. The number of sulfone groups is 1. The molecule has 0 fully saturated rings. The van der Waals surface area contributed by atoms with Crippen LogP contribution >= 0.6 is 24.0 Å². The molecule has 0 saturated heterocycles. The summed E-state index contributed by atoms with van der Waals surface area (Å²) in [7, 11) is -2.97. The monoisotopic (exact) mass is 490 g/mol.